The van der Waals surface area contributed by atoms with Crippen molar-refractivity contribution < 1.29 is 4.79 Å². The molecular formula is C12H22N2OS. The molecule has 0 bridgehead atoms. The summed E-state index contributed by atoms with van der Waals surface area (Å²) in [5.74, 6) is 0.660. The molecule has 3 atom stereocenters. The van der Waals surface area contributed by atoms with Crippen LogP contribution in [0.2, 0.25) is 0 Å². The first-order valence-electron chi connectivity index (χ1n) is 6.06. The van der Waals surface area contributed by atoms with Crippen LogP contribution in [-0.2, 0) is 4.79 Å². The Labute approximate surface area is 103 Å². The third-order valence-corrected chi connectivity index (χ3v) is 4.10. The van der Waals surface area contributed by atoms with Crippen molar-refractivity contribution in [3.63, 3.8) is 0 Å². The molecule has 1 saturated carbocycles. The Hall–Kier alpha value is -0.640. The molecule has 0 aliphatic heterocycles. The molecule has 1 aliphatic carbocycles. The van der Waals surface area contributed by atoms with E-state index >= 15 is 0 Å². The highest BCUT2D eigenvalue weighted by atomic mass is 32.1. The first-order chi connectivity index (χ1) is 7.45. The van der Waals surface area contributed by atoms with Crippen LogP contribution in [0.1, 0.15) is 46.5 Å². The van der Waals surface area contributed by atoms with Gasteiger partial charge in [0.05, 0.1) is 10.4 Å². The number of amides is 1. The number of carbonyl (C=O) groups is 1. The summed E-state index contributed by atoms with van der Waals surface area (Å²) in [5, 5.41) is 3.06. The molecule has 0 aromatic rings. The molecule has 3 unspecified atom stereocenters. The van der Waals surface area contributed by atoms with Crippen LogP contribution in [0.15, 0.2) is 0 Å². The quantitative estimate of drug-likeness (QED) is 0.700. The molecular weight excluding hydrogens is 220 g/mol. The second-order valence-electron chi connectivity index (χ2n) is 4.91. The van der Waals surface area contributed by atoms with Crippen molar-refractivity contribution in [1.82, 2.24) is 5.32 Å². The molecule has 0 saturated heterocycles. The predicted molar refractivity (Wildman–Crippen MR) is 70.1 cm³/mol. The third kappa shape index (κ3) is 2.73. The van der Waals surface area contributed by atoms with Gasteiger partial charge in [-0.3, -0.25) is 4.79 Å². The van der Waals surface area contributed by atoms with E-state index in [-0.39, 0.29) is 5.91 Å². The van der Waals surface area contributed by atoms with Crippen LogP contribution < -0.4 is 11.1 Å². The lowest BCUT2D eigenvalue weighted by atomic mass is 9.86. The van der Waals surface area contributed by atoms with Gasteiger partial charge in [0, 0.05) is 6.04 Å². The highest BCUT2D eigenvalue weighted by Gasteiger charge is 2.42. The second kappa shape index (κ2) is 5.13. The summed E-state index contributed by atoms with van der Waals surface area (Å²) in [6, 6.07) is 0.354. The van der Waals surface area contributed by atoms with E-state index in [1.54, 1.807) is 0 Å². The van der Waals surface area contributed by atoms with E-state index < -0.39 is 5.41 Å². The monoisotopic (exact) mass is 242 g/mol. The molecule has 3 nitrogen and oxygen atoms in total. The van der Waals surface area contributed by atoms with E-state index in [0.29, 0.717) is 23.4 Å². The Morgan fingerprint density at radius 1 is 1.56 bits per heavy atom. The van der Waals surface area contributed by atoms with Crippen molar-refractivity contribution in [2.45, 2.75) is 52.5 Å². The number of nitrogens with one attached hydrogen (secondary N) is 1. The van der Waals surface area contributed by atoms with Gasteiger partial charge in [-0.15, -0.1) is 0 Å². The lowest BCUT2D eigenvalue weighted by Crippen LogP contribution is -2.47. The Morgan fingerprint density at radius 3 is 2.62 bits per heavy atom. The summed E-state index contributed by atoms with van der Waals surface area (Å²) in [4.78, 5) is 12.4. The third-order valence-electron chi connectivity index (χ3n) is 3.65. The number of nitrogens with two attached hydrogens (primary N) is 1. The normalized spacial score (nSPS) is 26.9. The topological polar surface area (TPSA) is 55.1 Å². The van der Waals surface area contributed by atoms with Gasteiger partial charge in [-0.25, -0.2) is 0 Å². The van der Waals surface area contributed by atoms with Crippen LogP contribution in [0.3, 0.4) is 0 Å². The highest BCUT2D eigenvalue weighted by molar-refractivity contribution is 7.80. The maximum atomic E-state index is 12.1. The van der Waals surface area contributed by atoms with E-state index in [1.807, 2.05) is 13.8 Å². The van der Waals surface area contributed by atoms with Crippen molar-refractivity contribution in [3.05, 3.63) is 0 Å². The maximum absolute atomic E-state index is 12.1. The fraction of sp³-hybridized carbons (Fsp3) is 0.833. The molecule has 3 N–H and O–H groups in total. The molecule has 1 amide bonds. The van der Waals surface area contributed by atoms with Gasteiger partial charge in [-0.2, -0.15) is 0 Å². The smallest absolute Gasteiger partial charge is 0.232 e. The Morgan fingerprint density at radius 2 is 2.19 bits per heavy atom. The van der Waals surface area contributed by atoms with E-state index in [0.717, 1.165) is 6.42 Å². The Kier molecular flexibility index (Phi) is 4.30. The molecule has 92 valence electrons. The van der Waals surface area contributed by atoms with Gasteiger partial charge < -0.3 is 11.1 Å². The van der Waals surface area contributed by atoms with Gasteiger partial charge in [-0.1, -0.05) is 32.5 Å². The van der Waals surface area contributed by atoms with Crippen LogP contribution in [0.5, 0.6) is 0 Å². The fourth-order valence-corrected chi connectivity index (χ4v) is 2.13. The molecule has 4 heteroatoms. The van der Waals surface area contributed by atoms with E-state index in [9.17, 15) is 4.79 Å². The number of hydrogen-bond donors (Lipinski definition) is 2. The van der Waals surface area contributed by atoms with Crippen molar-refractivity contribution in [3.8, 4) is 0 Å². The molecule has 16 heavy (non-hydrogen) atoms. The Bertz CT molecular complexity index is 293. The molecule has 1 fully saturated rings. The average molecular weight is 242 g/mol. The molecule has 0 radical (unpaired) electrons. The van der Waals surface area contributed by atoms with Crippen LogP contribution >= 0.6 is 12.2 Å². The van der Waals surface area contributed by atoms with Gasteiger partial charge in [0.1, 0.15) is 0 Å². The molecule has 0 heterocycles. The zero-order valence-corrected chi connectivity index (χ0v) is 11.2. The van der Waals surface area contributed by atoms with Crippen molar-refractivity contribution in [2.75, 3.05) is 0 Å². The van der Waals surface area contributed by atoms with Crippen LogP contribution in [0, 0.1) is 11.3 Å². The minimum atomic E-state index is -0.686. The second-order valence-corrected chi connectivity index (χ2v) is 5.35. The average Bonchev–Trinajstić information content (AvgIpc) is 2.95. The number of carbonyl (C=O) groups excluding carboxylic acids is 1. The zero-order chi connectivity index (χ0) is 12.3. The molecule has 0 aromatic heterocycles. The van der Waals surface area contributed by atoms with Gasteiger partial charge >= 0.3 is 0 Å². The summed E-state index contributed by atoms with van der Waals surface area (Å²) in [6.45, 7) is 5.93. The molecule has 0 spiro atoms. The minimum absolute atomic E-state index is 0.00824. The Balaban J connectivity index is 2.49. The zero-order valence-electron chi connectivity index (χ0n) is 10.4. The predicted octanol–water partition coefficient (Wildman–Crippen LogP) is 1.99. The molecule has 0 aromatic carbocycles. The summed E-state index contributed by atoms with van der Waals surface area (Å²) in [6.07, 6.45) is 4.13. The first kappa shape index (κ1) is 13.4. The summed E-state index contributed by atoms with van der Waals surface area (Å²) >= 11 is 4.98. The fourth-order valence-electron chi connectivity index (χ4n) is 1.89. The number of hydrogen-bond acceptors (Lipinski definition) is 2. The van der Waals surface area contributed by atoms with Crippen LogP contribution in [0.25, 0.3) is 0 Å². The minimum Gasteiger partial charge on any atom is -0.392 e. The standard InChI is InChI=1S/C12H22N2OS/c1-4-6-8-7-9(8)14-11(15)12(3,5-2)10(13)16/h8-9H,4-7H2,1-3H3,(H2,13,16)(H,14,15). The van der Waals surface area contributed by atoms with Gasteiger partial charge in [-0.05, 0) is 32.1 Å². The highest BCUT2D eigenvalue weighted by Crippen LogP contribution is 2.35. The SMILES string of the molecule is CCCC1CC1NC(=O)C(C)(CC)C(N)=S. The van der Waals surface area contributed by atoms with Gasteiger partial charge in [0.2, 0.25) is 5.91 Å². The van der Waals surface area contributed by atoms with Gasteiger partial charge in [0.15, 0.2) is 0 Å². The number of rotatable bonds is 6. The summed E-state index contributed by atoms with van der Waals surface area (Å²) in [7, 11) is 0. The molecule has 1 aliphatic rings. The van der Waals surface area contributed by atoms with E-state index in [1.165, 1.54) is 12.8 Å². The van der Waals surface area contributed by atoms with Gasteiger partial charge in [0.25, 0.3) is 0 Å². The lowest BCUT2D eigenvalue weighted by molar-refractivity contribution is -0.127. The van der Waals surface area contributed by atoms with Crippen LogP contribution in [0.4, 0.5) is 0 Å². The summed E-state index contributed by atoms with van der Waals surface area (Å²) in [5.41, 5.74) is 4.96. The van der Waals surface area contributed by atoms with Crippen LogP contribution in [-0.4, -0.2) is 16.9 Å². The maximum Gasteiger partial charge on any atom is 0.232 e. The summed E-state index contributed by atoms with van der Waals surface area (Å²) < 4.78 is 0. The number of thiocarbonyl (C=S) groups is 1. The van der Waals surface area contributed by atoms with Crippen molar-refractivity contribution in [2.24, 2.45) is 17.1 Å². The van der Waals surface area contributed by atoms with E-state index in [4.69, 9.17) is 18.0 Å². The molecule has 1 rings (SSSR count). The lowest BCUT2D eigenvalue weighted by Gasteiger charge is -2.25. The largest absolute Gasteiger partial charge is 0.392 e. The van der Waals surface area contributed by atoms with Crippen molar-refractivity contribution in [1.29, 1.82) is 0 Å². The first-order valence-corrected chi connectivity index (χ1v) is 6.47. The van der Waals surface area contributed by atoms with Crippen molar-refractivity contribution >= 4 is 23.1 Å². The van der Waals surface area contributed by atoms with E-state index in [2.05, 4.69) is 12.2 Å².